The summed E-state index contributed by atoms with van der Waals surface area (Å²) < 4.78 is 30.7. The van der Waals surface area contributed by atoms with Gasteiger partial charge >= 0.3 is 0 Å². The molecule has 1 atom stereocenters. The number of sulfone groups is 1. The molecule has 0 saturated carbocycles. The molecule has 174 valence electrons. The summed E-state index contributed by atoms with van der Waals surface area (Å²) in [4.78, 5) is 16.9. The number of ether oxygens (including phenoxy) is 1. The zero-order valence-electron chi connectivity index (χ0n) is 18.4. The maximum atomic E-state index is 12.8. The van der Waals surface area contributed by atoms with Gasteiger partial charge in [0.25, 0.3) is 0 Å². The van der Waals surface area contributed by atoms with Crippen LogP contribution in [0, 0.1) is 0 Å². The van der Waals surface area contributed by atoms with E-state index in [1.807, 2.05) is 40.7 Å². The Balaban J connectivity index is 1.32. The molecule has 1 aromatic heterocycles. The molecule has 2 aromatic rings. The quantitative estimate of drug-likeness (QED) is 0.550. The summed E-state index contributed by atoms with van der Waals surface area (Å²) in [5.74, 6) is 2.46. The highest BCUT2D eigenvalue weighted by Crippen LogP contribution is 2.26. The molecular formula is C21H29N5O4S2. The number of hydrogen-bond donors (Lipinski definition) is 0. The van der Waals surface area contributed by atoms with Crippen LogP contribution in [0.3, 0.4) is 0 Å². The predicted octanol–water partition coefficient (Wildman–Crippen LogP) is 1.40. The number of nitrogens with zero attached hydrogens (tertiary/aromatic N) is 5. The van der Waals surface area contributed by atoms with Crippen molar-refractivity contribution in [3.8, 4) is 17.1 Å². The smallest absolute Gasteiger partial charge is 0.233 e. The van der Waals surface area contributed by atoms with Gasteiger partial charge < -0.3 is 14.2 Å². The Bertz CT molecular complexity index is 1050. The number of carbonyl (C=O) groups is 1. The van der Waals surface area contributed by atoms with Crippen LogP contribution in [-0.2, 0) is 21.2 Å². The Morgan fingerprint density at radius 1 is 1.16 bits per heavy atom. The summed E-state index contributed by atoms with van der Waals surface area (Å²) in [5.41, 5.74) is 0.948. The van der Waals surface area contributed by atoms with Gasteiger partial charge in [-0.15, -0.1) is 10.2 Å². The number of thioether (sulfide) groups is 1. The van der Waals surface area contributed by atoms with Crippen molar-refractivity contribution in [2.45, 2.75) is 31.1 Å². The average Bonchev–Trinajstić information content (AvgIpc) is 3.40. The summed E-state index contributed by atoms with van der Waals surface area (Å²) in [7, 11) is -1.26. The highest BCUT2D eigenvalue weighted by atomic mass is 32.2. The van der Waals surface area contributed by atoms with Crippen LogP contribution in [-0.4, -0.2) is 95.5 Å². The SMILES string of the molecule is CCn1c(SCC(=O)N2CCN(C3CCS(=O)(=O)C3)CC2)nnc1-c1ccc(OC)cc1. The minimum absolute atomic E-state index is 0.0744. The second kappa shape index (κ2) is 9.80. The Morgan fingerprint density at radius 3 is 2.47 bits per heavy atom. The number of methoxy groups -OCH3 is 1. The number of benzene rings is 1. The minimum Gasteiger partial charge on any atom is -0.497 e. The Labute approximate surface area is 193 Å². The topological polar surface area (TPSA) is 97.6 Å². The van der Waals surface area contributed by atoms with Crippen molar-refractivity contribution in [2.24, 2.45) is 0 Å². The van der Waals surface area contributed by atoms with Crippen molar-refractivity contribution in [1.82, 2.24) is 24.6 Å². The van der Waals surface area contributed by atoms with Gasteiger partial charge in [-0.3, -0.25) is 9.69 Å². The molecule has 1 amide bonds. The monoisotopic (exact) mass is 479 g/mol. The molecule has 0 aliphatic carbocycles. The molecule has 0 bridgehead atoms. The number of amides is 1. The standard InChI is InChI=1S/C21H29N5O4S2/c1-3-26-20(16-4-6-18(30-2)7-5-16)22-23-21(26)31-14-19(27)25-11-9-24(10-12-25)17-8-13-32(28,29)15-17/h4-7,17H,3,8-15H2,1-2H3. The third kappa shape index (κ3) is 5.10. The van der Waals surface area contributed by atoms with Crippen LogP contribution in [0.1, 0.15) is 13.3 Å². The lowest BCUT2D eigenvalue weighted by molar-refractivity contribution is -0.130. The van der Waals surface area contributed by atoms with Crippen LogP contribution in [0.2, 0.25) is 0 Å². The highest BCUT2D eigenvalue weighted by Gasteiger charge is 2.34. The molecule has 32 heavy (non-hydrogen) atoms. The van der Waals surface area contributed by atoms with E-state index < -0.39 is 9.84 Å². The van der Waals surface area contributed by atoms with E-state index in [4.69, 9.17) is 4.74 Å². The van der Waals surface area contributed by atoms with Gasteiger partial charge in [-0.2, -0.15) is 0 Å². The first-order valence-corrected chi connectivity index (χ1v) is 13.6. The number of piperazine rings is 1. The van der Waals surface area contributed by atoms with Gasteiger partial charge in [0.05, 0.1) is 24.4 Å². The molecule has 11 heteroatoms. The van der Waals surface area contributed by atoms with Crippen LogP contribution in [0.25, 0.3) is 11.4 Å². The van der Waals surface area contributed by atoms with Gasteiger partial charge in [-0.1, -0.05) is 11.8 Å². The van der Waals surface area contributed by atoms with Crippen LogP contribution in [0.15, 0.2) is 29.4 Å². The van der Waals surface area contributed by atoms with Crippen LogP contribution >= 0.6 is 11.8 Å². The van der Waals surface area contributed by atoms with E-state index in [2.05, 4.69) is 15.1 Å². The van der Waals surface area contributed by atoms with Crippen molar-refractivity contribution in [3.05, 3.63) is 24.3 Å². The molecular weight excluding hydrogens is 450 g/mol. The Kier molecular flexibility index (Phi) is 7.06. The molecule has 9 nitrogen and oxygen atoms in total. The maximum Gasteiger partial charge on any atom is 0.233 e. The average molecular weight is 480 g/mol. The highest BCUT2D eigenvalue weighted by molar-refractivity contribution is 7.99. The van der Waals surface area contributed by atoms with Crippen molar-refractivity contribution in [1.29, 1.82) is 0 Å². The second-order valence-corrected chi connectivity index (χ2v) is 11.2. The van der Waals surface area contributed by atoms with Crippen LogP contribution in [0.5, 0.6) is 5.75 Å². The van der Waals surface area contributed by atoms with E-state index in [0.717, 1.165) is 35.4 Å². The first-order valence-electron chi connectivity index (χ1n) is 10.8. The lowest BCUT2D eigenvalue weighted by Crippen LogP contribution is -2.52. The van der Waals surface area contributed by atoms with Gasteiger partial charge in [0, 0.05) is 44.3 Å². The van der Waals surface area contributed by atoms with Crippen molar-refractivity contribution < 1.29 is 17.9 Å². The summed E-state index contributed by atoms with van der Waals surface area (Å²) in [5, 5.41) is 9.37. The minimum atomic E-state index is -2.89. The molecule has 3 heterocycles. The molecule has 0 radical (unpaired) electrons. The van der Waals surface area contributed by atoms with Crippen molar-refractivity contribution in [2.75, 3.05) is 50.5 Å². The van der Waals surface area contributed by atoms with Crippen molar-refractivity contribution >= 4 is 27.5 Å². The van der Waals surface area contributed by atoms with Crippen LogP contribution in [0.4, 0.5) is 0 Å². The largest absolute Gasteiger partial charge is 0.497 e. The van der Waals surface area contributed by atoms with E-state index >= 15 is 0 Å². The predicted molar refractivity (Wildman–Crippen MR) is 124 cm³/mol. The Morgan fingerprint density at radius 2 is 1.88 bits per heavy atom. The third-order valence-corrected chi connectivity index (χ3v) is 8.80. The van der Waals surface area contributed by atoms with E-state index in [9.17, 15) is 13.2 Å². The Hall–Kier alpha value is -2.11. The lowest BCUT2D eigenvalue weighted by Gasteiger charge is -2.37. The van der Waals surface area contributed by atoms with Gasteiger partial charge in [0.15, 0.2) is 20.8 Å². The van der Waals surface area contributed by atoms with E-state index in [1.165, 1.54) is 11.8 Å². The third-order valence-electron chi connectivity index (χ3n) is 6.10. The molecule has 0 spiro atoms. The molecule has 2 aliphatic heterocycles. The summed E-state index contributed by atoms with van der Waals surface area (Å²) in [6.07, 6.45) is 0.704. The van der Waals surface area contributed by atoms with E-state index in [1.54, 1.807) is 7.11 Å². The van der Waals surface area contributed by atoms with E-state index in [0.29, 0.717) is 31.8 Å². The van der Waals surface area contributed by atoms with Crippen molar-refractivity contribution in [3.63, 3.8) is 0 Å². The zero-order chi connectivity index (χ0) is 22.7. The number of rotatable bonds is 7. The second-order valence-electron chi connectivity index (χ2n) is 8.04. The number of aromatic nitrogens is 3. The normalized spacial score (nSPS) is 21.1. The molecule has 4 rings (SSSR count). The number of hydrogen-bond acceptors (Lipinski definition) is 8. The molecule has 0 N–H and O–H groups in total. The van der Waals surface area contributed by atoms with Gasteiger partial charge in [0.2, 0.25) is 5.91 Å². The fourth-order valence-electron chi connectivity index (χ4n) is 4.25. The zero-order valence-corrected chi connectivity index (χ0v) is 20.1. The number of carbonyl (C=O) groups excluding carboxylic acids is 1. The first kappa shape index (κ1) is 23.1. The molecule has 1 aromatic carbocycles. The summed E-state index contributed by atoms with van der Waals surface area (Å²) in [6, 6.07) is 7.78. The first-order chi connectivity index (χ1) is 15.4. The summed E-state index contributed by atoms with van der Waals surface area (Å²) in [6.45, 7) is 5.45. The maximum absolute atomic E-state index is 12.8. The van der Waals surface area contributed by atoms with Gasteiger partial charge in [0.1, 0.15) is 5.75 Å². The van der Waals surface area contributed by atoms with Gasteiger partial charge in [-0.05, 0) is 37.6 Å². The van der Waals surface area contributed by atoms with Gasteiger partial charge in [-0.25, -0.2) is 8.42 Å². The molecule has 2 saturated heterocycles. The molecule has 2 fully saturated rings. The summed E-state index contributed by atoms with van der Waals surface area (Å²) >= 11 is 1.40. The molecule has 2 aliphatic rings. The molecule has 1 unspecified atom stereocenters. The fourth-order valence-corrected chi connectivity index (χ4v) is 6.92. The van der Waals surface area contributed by atoms with Crippen LogP contribution < -0.4 is 4.74 Å². The fraction of sp³-hybridized carbons (Fsp3) is 0.571. The van der Waals surface area contributed by atoms with E-state index in [-0.39, 0.29) is 23.5 Å². The lowest BCUT2D eigenvalue weighted by atomic mass is 10.2.